The van der Waals surface area contributed by atoms with Gasteiger partial charge in [-0.2, -0.15) is 0 Å². The molecule has 0 atom stereocenters. The Morgan fingerprint density at radius 1 is 1.57 bits per heavy atom. The van der Waals surface area contributed by atoms with Crippen molar-refractivity contribution in [2.75, 3.05) is 26.3 Å². The number of ether oxygens (including phenoxy) is 1. The minimum atomic E-state index is -0.948. The van der Waals surface area contributed by atoms with Crippen LogP contribution in [-0.4, -0.2) is 37.4 Å². The maximum Gasteiger partial charge on any atom is 0.332 e. The summed E-state index contributed by atoms with van der Waals surface area (Å²) in [4.78, 5) is 10.3. The number of nitrogens with one attached hydrogen (secondary N) is 1. The molecule has 14 heavy (non-hydrogen) atoms. The molecule has 2 N–H and O–H groups in total. The fourth-order valence-electron chi connectivity index (χ4n) is 0.994. The lowest BCUT2D eigenvalue weighted by Crippen LogP contribution is -2.24. The van der Waals surface area contributed by atoms with Crippen molar-refractivity contribution in [3.8, 4) is 0 Å². The first kappa shape index (κ1) is 11.2. The quantitative estimate of drug-likeness (QED) is 0.445. The standard InChI is InChI=1S/C10H17NO3/c1-8(10(12)13)6-11-4-5-14-7-9-2-3-9/h9,11H,1-7H2,(H,12,13). The van der Waals surface area contributed by atoms with Crippen LogP contribution in [-0.2, 0) is 9.53 Å². The van der Waals surface area contributed by atoms with Gasteiger partial charge >= 0.3 is 5.97 Å². The van der Waals surface area contributed by atoms with Gasteiger partial charge in [-0.25, -0.2) is 4.79 Å². The lowest BCUT2D eigenvalue weighted by Gasteiger charge is -2.05. The van der Waals surface area contributed by atoms with Gasteiger partial charge in [-0.3, -0.25) is 0 Å². The monoisotopic (exact) mass is 199 g/mol. The van der Waals surface area contributed by atoms with Gasteiger partial charge in [0.2, 0.25) is 0 Å². The molecule has 4 nitrogen and oxygen atoms in total. The third kappa shape index (κ3) is 4.99. The summed E-state index contributed by atoms with van der Waals surface area (Å²) in [5, 5.41) is 11.5. The van der Waals surface area contributed by atoms with Crippen molar-refractivity contribution in [1.82, 2.24) is 5.32 Å². The first-order chi connectivity index (χ1) is 6.70. The van der Waals surface area contributed by atoms with E-state index < -0.39 is 5.97 Å². The molecule has 0 saturated heterocycles. The largest absolute Gasteiger partial charge is 0.478 e. The maximum absolute atomic E-state index is 10.3. The molecule has 0 heterocycles. The normalized spacial score (nSPS) is 15.4. The van der Waals surface area contributed by atoms with Gasteiger partial charge in [0, 0.05) is 25.3 Å². The molecule has 80 valence electrons. The number of hydrogen-bond donors (Lipinski definition) is 2. The highest BCUT2D eigenvalue weighted by atomic mass is 16.5. The predicted octanol–water partition coefficient (Wildman–Crippen LogP) is 0.643. The fraction of sp³-hybridized carbons (Fsp3) is 0.700. The molecule has 0 aromatic heterocycles. The average Bonchev–Trinajstić information content (AvgIpc) is 2.94. The van der Waals surface area contributed by atoms with Crippen molar-refractivity contribution < 1.29 is 14.6 Å². The highest BCUT2D eigenvalue weighted by Crippen LogP contribution is 2.28. The molecule has 1 aliphatic rings. The van der Waals surface area contributed by atoms with Crippen molar-refractivity contribution in [1.29, 1.82) is 0 Å². The zero-order valence-electron chi connectivity index (χ0n) is 8.29. The molecule has 4 heteroatoms. The minimum Gasteiger partial charge on any atom is -0.478 e. The van der Waals surface area contributed by atoms with Crippen molar-refractivity contribution in [3.63, 3.8) is 0 Å². The topological polar surface area (TPSA) is 58.6 Å². The molecular weight excluding hydrogens is 182 g/mol. The van der Waals surface area contributed by atoms with Crippen LogP contribution in [0, 0.1) is 5.92 Å². The number of hydrogen-bond acceptors (Lipinski definition) is 3. The highest BCUT2D eigenvalue weighted by molar-refractivity contribution is 5.86. The van der Waals surface area contributed by atoms with Crippen molar-refractivity contribution >= 4 is 5.97 Å². The van der Waals surface area contributed by atoms with Crippen LogP contribution in [0.15, 0.2) is 12.2 Å². The highest BCUT2D eigenvalue weighted by Gasteiger charge is 2.20. The summed E-state index contributed by atoms with van der Waals surface area (Å²) in [5.74, 6) is -0.166. The average molecular weight is 199 g/mol. The Labute approximate surface area is 83.9 Å². The second kappa shape index (κ2) is 5.78. The van der Waals surface area contributed by atoms with E-state index in [9.17, 15) is 4.79 Å². The fourth-order valence-corrected chi connectivity index (χ4v) is 0.994. The van der Waals surface area contributed by atoms with Gasteiger partial charge in [-0.05, 0) is 18.8 Å². The number of carboxylic acid groups (broad SMARTS) is 1. The summed E-state index contributed by atoms with van der Waals surface area (Å²) in [5.41, 5.74) is 0.187. The van der Waals surface area contributed by atoms with Gasteiger partial charge in [0.25, 0.3) is 0 Å². The molecule has 1 rings (SSSR count). The van der Waals surface area contributed by atoms with E-state index in [0.29, 0.717) is 19.7 Å². The summed E-state index contributed by atoms with van der Waals surface area (Å²) in [6, 6.07) is 0. The number of carbonyl (C=O) groups is 1. The smallest absolute Gasteiger partial charge is 0.332 e. The molecule has 0 spiro atoms. The van der Waals surface area contributed by atoms with Crippen LogP contribution >= 0.6 is 0 Å². The zero-order valence-corrected chi connectivity index (χ0v) is 8.29. The lowest BCUT2D eigenvalue weighted by atomic mass is 10.3. The van der Waals surface area contributed by atoms with Gasteiger partial charge in [0.15, 0.2) is 0 Å². The van der Waals surface area contributed by atoms with Crippen LogP contribution in [0.25, 0.3) is 0 Å². The minimum absolute atomic E-state index is 0.187. The Hall–Kier alpha value is -0.870. The van der Waals surface area contributed by atoms with Crippen LogP contribution in [0.1, 0.15) is 12.8 Å². The van der Waals surface area contributed by atoms with Crippen LogP contribution in [0.3, 0.4) is 0 Å². The first-order valence-electron chi connectivity index (χ1n) is 4.89. The van der Waals surface area contributed by atoms with E-state index >= 15 is 0 Å². The predicted molar refractivity (Wildman–Crippen MR) is 53.2 cm³/mol. The first-order valence-corrected chi connectivity index (χ1v) is 4.89. The Kier molecular flexibility index (Phi) is 4.62. The van der Waals surface area contributed by atoms with Crippen LogP contribution in [0.5, 0.6) is 0 Å². The number of rotatable bonds is 8. The van der Waals surface area contributed by atoms with E-state index in [1.165, 1.54) is 12.8 Å². The van der Waals surface area contributed by atoms with E-state index in [2.05, 4.69) is 11.9 Å². The van der Waals surface area contributed by atoms with Gasteiger partial charge in [-0.15, -0.1) is 0 Å². The van der Waals surface area contributed by atoms with Gasteiger partial charge in [0.1, 0.15) is 0 Å². The maximum atomic E-state index is 10.3. The SMILES string of the molecule is C=C(CNCCOCC1CC1)C(=O)O. The molecule has 0 unspecified atom stereocenters. The number of aliphatic carboxylic acids is 1. The Bertz CT molecular complexity index is 211. The third-order valence-corrected chi connectivity index (χ3v) is 2.11. The second-order valence-corrected chi connectivity index (χ2v) is 3.60. The van der Waals surface area contributed by atoms with Gasteiger partial charge in [0.05, 0.1) is 6.61 Å². The van der Waals surface area contributed by atoms with Crippen LogP contribution in [0.2, 0.25) is 0 Å². The summed E-state index contributed by atoms with van der Waals surface area (Å²) in [6.45, 7) is 5.90. The molecule has 0 amide bonds. The van der Waals surface area contributed by atoms with E-state index in [1.807, 2.05) is 0 Å². The molecule has 0 bridgehead atoms. The van der Waals surface area contributed by atoms with Crippen LogP contribution in [0.4, 0.5) is 0 Å². The van der Waals surface area contributed by atoms with Gasteiger partial charge < -0.3 is 15.2 Å². The van der Waals surface area contributed by atoms with E-state index in [1.54, 1.807) is 0 Å². The molecule has 0 aromatic rings. The van der Waals surface area contributed by atoms with E-state index in [0.717, 1.165) is 12.5 Å². The molecule has 1 fully saturated rings. The Balaban J connectivity index is 1.83. The zero-order chi connectivity index (χ0) is 10.4. The molecule has 0 aromatic carbocycles. The summed E-state index contributed by atoms with van der Waals surface area (Å²) < 4.78 is 5.36. The molecule has 0 aliphatic heterocycles. The molecule has 1 aliphatic carbocycles. The van der Waals surface area contributed by atoms with Crippen LogP contribution < -0.4 is 5.32 Å². The summed E-state index contributed by atoms with van der Waals surface area (Å²) in [6.07, 6.45) is 2.59. The third-order valence-electron chi connectivity index (χ3n) is 2.11. The van der Waals surface area contributed by atoms with E-state index in [-0.39, 0.29) is 5.57 Å². The van der Waals surface area contributed by atoms with Crippen molar-refractivity contribution in [2.24, 2.45) is 5.92 Å². The lowest BCUT2D eigenvalue weighted by molar-refractivity contribution is -0.132. The Morgan fingerprint density at radius 2 is 2.29 bits per heavy atom. The summed E-state index contributed by atoms with van der Waals surface area (Å²) in [7, 11) is 0. The van der Waals surface area contributed by atoms with Gasteiger partial charge in [-0.1, -0.05) is 6.58 Å². The van der Waals surface area contributed by atoms with E-state index in [4.69, 9.17) is 9.84 Å². The molecular formula is C10H17NO3. The molecule has 0 radical (unpaired) electrons. The Morgan fingerprint density at radius 3 is 2.86 bits per heavy atom. The second-order valence-electron chi connectivity index (χ2n) is 3.60. The van der Waals surface area contributed by atoms with Crippen molar-refractivity contribution in [3.05, 3.63) is 12.2 Å². The van der Waals surface area contributed by atoms with Crippen molar-refractivity contribution in [2.45, 2.75) is 12.8 Å². The summed E-state index contributed by atoms with van der Waals surface area (Å²) >= 11 is 0. The molecule has 1 saturated carbocycles. The number of carboxylic acids is 1.